The lowest BCUT2D eigenvalue weighted by Gasteiger charge is -2.32. The van der Waals surface area contributed by atoms with Crippen LogP contribution in [-0.2, 0) is 6.54 Å². The molecule has 40 heavy (non-hydrogen) atoms. The van der Waals surface area contributed by atoms with Crippen LogP contribution in [0.3, 0.4) is 0 Å². The number of benzene rings is 2. The molecule has 0 radical (unpaired) electrons. The highest BCUT2D eigenvalue weighted by molar-refractivity contribution is 6.04. The second-order valence-electron chi connectivity index (χ2n) is 9.66. The third kappa shape index (κ3) is 8.10. The molecule has 1 fully saturated rings. The van der Waals surface area contributed by atoms with Crippen LogP contribution < -0.4 is 16.0 Å². The summed E-state index contributed by atoms with van der Waals surface area (Å²) in [5.41, 5.74) is 3.61. The average Bonchev–Trinajstić information content (AvgIpc) is 2.95. The van der Waals surface area contributed by atoms with Gasteiger partial charge >= 0.3 is 6.03 Å². The van der Waals surface area contributed by atoms with Crippen LogP contribution >= 0.6 is 0 Å². The molecule has 10 heteroatoms. The van der Waals surface area contributed by atoms with Gasteiger partial charge < -0.3 is 20.6 Å². The van der Waals surface area contributed by atoms with E-state index in [1.54, 1.807) is 36.4 Å². The van der Waals surface area contributed by atoms with E-state index < -0.39 is 6.03 Å². The predicted octanol–water partition coefficient (Wildman–Crippen LogP) is 3.04. The predicted molar refractivity (Wildman–Crippen MR) is 153 cm³/mol. The van der Waals surface area contributed by atoms with Gasteiger partial charge in [0.25, 0.3) is 5.91 Å². The number of anilines is 2. The highest BCUT2D eigenvalue weighted by Crippen LogP contribution is 2.19. The lowest BCUT2D eigenvalue weighted by Crippen LogP contribution is -2.44. The fourth-order valence-electron chi connectivity index (χ4n) is 4.11. The van der Waals surface area contributed by atoms with Crippen LogP contribution in [0.2, 0.25) is 0 Å². The average molecular weight is 545 g/mol. The first-order chi connectivity index (χ1) is 19.3. The number of rotatable bonds is 7. The van der Waals surface area contributed by atoms with Crippen LogP contribution in [0.5, 0.6) is 0 Å². The number of amides is 3. The van der Waals surface area contributed by atoms with Gasteiger partial charge in [0.15, 0.2) is 0 Å². The van der Waals surface area contributed by atoms with Gasteiger partial charge in [-0.15, -0.1) is 0 Å². The van der Waals surface area contributed by atoms with Crippen LogP contribution in [-0.4, -0.2) is 78.2 Å². The van der Waals surface area contributed by atoms with Gasteiger partial charge in [-0.2, -0.15) is 0 Å². The van der Waals surface area contributed by atoms with E-state index in [9.17, 15) is 14.0 Å². The number of hydrogen-bond donors (Lipinski definition) is 4. The molecule has 1 aliphatic heterocycles. The molecule has 0 bridgehead atoms. The maximum atomic E-state index is 14.8. The third-order valence-electron chi connectivity index (χ3n) is 6.54. The van der Waals surface area contributed by atoms with E-state index in [0.29, 0.717) is 40.3 Å². The van der Waals surface area contributed by atoms with E-state index in [0.717, 1.165) is 31.7 Å². The van der Waals surface area contributed by atoms with Crippen LogP contribution in [0.4, 0.5) is 20.7 Å². The quantitative estimate of drug-likeness (QED) is 0.341. The van der Waals surface area contributed by atoms with Gasteiger partial charge in [0, 0.05) is 73.4 Å². The topological polar surface area (TPSA) is 110 Å². The Balaban J connectivity index is 1.38. The lowest BCUT2D eigenvalue weighted by atomic mass is 10.0. The zero-order valence-corrected chi connectivity index (χ0v) is 22.6. The van der Waals surface area contributed by atoms with Crippen LogP contribution in [0.1, 0.15) is 32.6 Å². The van der Waals surface area contributed by atoms with Crippen molar-refractivity contribution in [3.63, 3.8) is 0 Å². The summed E-state index contributed by atoms with van der Waals surface area (Å²) < 4.78 is 14.8. The Morgan fingerprint density at radius 3 is 2.52 bits per heavy atom. The summed E-state index contributed by atoms with van der Waals surface area (Å²) >= 11 is 0. The van der Waals surface area contributed by atoms with Crippen molar-refractivity contribution in [2.45, 2.75) is 13.5 Å². The highest BCUT2D eigenvalue weighted by atomic mass is 19.1. The number of halogens is 1. The molecule has 208 valence electrons. The van der Waals surface area contributed by atoms with Crippen LogP contribution in [0.25, 0.3) is 0 Å². The molecule has 4 N–H and O–H groups in total. The van der Waals surface area contributed by atoms with E-state index in [1.165, 1.54) is 12.3 Å². The number of carbonyl (C=O) groups excluding carboxylic acids is 2. The molecule has 0 saturated carbocycles. The summed E-state index contributed by atoms with van der Waals surface area (Å²) in [5, 5.41) is 16.6. The highest BCUT2D eigenvalue weighted by Gasteiger charge is 2.16. The molecule has 2 heterocycles. The van der Waals surface area contributed by atoms with E-state index in [1.807, 2.05) is 13.0 Å². The van der Waals surface area contributed by atoms with Gasteiger partial charge in [-0.25, -0.2) is 14.2 Å². The molecule has 2 aromatic carbocycles. The van der Waals surface area contributed by atoms with Gasteiger partial charge in [-0.3, -0.25) is 15.0 Å². The van der Waals surface area contributed by atoms with Crippen LogP contribution in [0, 0.1) is 24.6 Å². The first kappa shape index (κ1) is 28.7. The van der Waals surface area contributed by atoms with E-state index in [2.05, 4.69) is 49.6 Å². The largest absolute Gasteiger partial charge is 0.395 e. The Morgan fingerprint density at radius 2 is 1.82 bits per heavy atom. The minimum absolute atomic E-state index is 0.145. The summed E-state index contributed by atoms with van der Waals surface area (Å²) in [5.74, 6) is 5.74. The number of nitrogens with one attached hydrogen (secondary N) is 3. The van der Waals surface area contributed by atoms with Gasteiger partial charge in [0.1, 0.15) is 11.6 Å². The number of nitrogens with zero attached hydrogens (tertiary/aromatic N) is 3. The van der Waals surface area contributed by atoms with Crippen molar-refractivity contribution < 1.29 is 19.1 Å². The number of piperazine rings is 1. The molecular formula is C30H33FN6O3. The third-order valence-corrected chi connectivity index (χ3v) is 6.54. The number of hydrogen-bond acceptors (Lipinski definition) is 6. The van der Waals surface area contributed by atoms with Gasteiger partial charge in [-0.05, 0) is 55.9 Å². The summed E-state index contributed by atoms with van der Waals surface area (Å²) in [7, 11) is 2.08. The number of pyridine rings is 1. The smallest absolute Gasteiger partial charge is 0.320 e. The van der Waals surface area contributed by atoms with Crippen molar-refractivity contribution in [2.75, 3.05) is 57.0 Å². The van der Waals surface area contributed by atoms with Crippen molar-refractivity contribution in [2.24, 2.45) is 0 Å². The molecule has 0 atom stereocenters. The number of aliphatic hydroxyl groups excluding tert-OH is 1. The van der Waals surface area contributed by atoms with Gasteiger partial charge in [-0.1, -0.05) is 24.0 Å². The van der Waals surface area contributed by atoms with Crippen molar-refractivity contribution in [1.82, 2.24) is 20.1 Å². The number of urea groups is 1. The second kappa shape index (κ2) is 13.7. The minimum atomic E-state index is -0.463. The molecule has 1 aromatic heterocycles. The lowest BCUT2D eigenvalue weighted by molar-refractivity contribution is 0.102. The number of likely N-dealkylation sites (N-methyl/N-ethyl adjacent to an activating group) is 1. The van der Waals surface area contributed by atoms with E-state index in [4.69, 9.17) is 5.11 Å². The maximum Gasteiger partial charge on any atom is 0.320 e. The molecule has 0 spiro atoms. The number of aliphatic hydroxyl groups is 1. The normalized spacial score (nSPS) is 13.7. The van der Waals surface area contributed by atoms with Crippen molar-refractivity contribution in [1.29, 1.82) is 0 Å². The maximum absolute atomic E-state index is 14.8. The van der Waals surface area contributed by atoms with Crippen molar-refractivity contribution in [3.8, 4) is 11.8 Å². The fourth-order valence-corrected chi connectivity index (χ4v) is 4.11. The Morgan fingerprint density at radius 1 is 1.02 bits per heavy atom. The van der Waals surface area contributed by atoms with Crippen molar-refractivity contribution >= 4 is 23.4 Å². The first-order valence-corrected chi connectivity index (χ1v) is 13.1. The molecule has 4 rings (SSSR count). The Bertz CT molecular complexity index is 1410. The summed E-state index contributed by atoms with van der Waals surface area (Å²) in [6, 6.07) is 12.9. The summed E-state index contributed by atoms with van der Waals surface area (Å²) in [6.45, 7) is 6.16. The molecular weight excluding hydrogens is 511 g/mol. The number of aromatic nitrogens is 1. The zero-order valence-electron chi connectivity index (χ0n) is 22.6. The number of carbonyl (C=O) groups is 2. The van der Waals surface area contributed by atoms with Crippen LogP contribution in [0.15, 0.2) is 54.7 Å². The molecule has 9 nitrogen and oxygen atoms in total. The number of aryl methyl sites for hydroxylation is 1. The summed E-state index contributed by atoms with van der Waals surface area (Å²) in [6.07, 6.45) is 1.53. The molecule has 3 amide bonds. The SMILES string of the molecule is Cc1ccc(C(=O)Nc2ccc(CN3CCN(C)CC3)c(F)c2)cc1C#Cc1ccc(NC(=O)NCCO)nc1. The Labute approximate surface area is 233 Å². The second-order valence-corrected chi connectivity index (χ2v) is 9.66. The first-order valence-electron chi connectivity index (χ1n) is 13.1. The molecule has 3 aromatic rings. The van der Waals surface area contributed by atoms with Gasteiger partial charge in [0.05, 0.1) is 6.61 Å². The van der Waals surface area contributed by atoms with Crippen molar-refractivity contribution in [3.05, 3.63) is 88.4 Å². The minimum Gasteiger partial charge on any atom is -0.395 e. The zero-order chi connectivity index (χ0) is 28.5. The van der Waals surface area contributed by atoms with Gasteiger partial charge in [0.2, 0.25) is 0 Å². The Kier molecular flexibility index (Phi) is 9.81. The molecule has 0 unspecified atom stereocenters. The molecule has 1 saturated heterocycles. The summed E-state index contributed by atoms with van der Waals surface area (Å²) in [4.78, 5) is 33.2. The van der Waals surface area contributed by atoms with E-state index >= 15 is 0 Å². The van der Waals surface area contributed by atoms with E-state index in [-0.39, 0.29) is 24.9 Å². The molecule has 1 aliphatic rings. The molecule has 0 aliphatic carbocycles. The standard InChI is InChI=1S/C30H33FN6O3/c1-21-3-6-24(17-23(21)7-4-22-5-10-28(33-19-22)35-30(40)32-11-16-38)29(39)34-26-9-8-25(27(31)18-26)20-37-14-12-36(2)13-15-37/h3,5-6,8-10,17-19,38H,11-16,20H2,1-2H3,(H,34,39)(H2,32,33,35,40). The fraction of sp³-hybridized carbons (Fsp3) is 0.300. The monoisotopic (exact) mass is 544 g/mol. The Hall–Kier alpha value is -4.30.